The molecule has 1 atom stereocenters. The highest BCUT2D eigenvalue weighted by Gasteiger charge is 2.39. The van der Waals surface area contributed by atoms with Gasteiger partial charge in [-0.3, -0.25) is 9.69 Å². The number of carbonyl (C=O) groups excluding carboxylic acids is 1. The van der Waals surface area contributed by atoms with Gasteiger partial charge in [0.1, 0.15) is 0 Å². The van der Waals surface area contributed by atoms with Crippen LogP contribution in [0.25, 0.3) is 0 Å². The third kappa shape index (κ3) is 4.12. The van der Waals surface area contributed by atoms with Gasteiger partial charge in [0.15, 0.2) is 0 Å². The summed E-state index contributed by atoms with van der Waals surface area (Å²) < 4.78 is 0. The maximum absolute atomic E-state index is 12.3. The van der Waals surface area contributed by atoms with Crippen LogP contribution in [0.15, 0.2) is 18.2 Å². The van der Waals surface area contributed by atoms with Crippen molar-refractivity contribution in [3.8, 4) is 0 Å². The molecule has 1 saturated heterocycles. The van der Waals surface area contributed by atoms with E-state index in [0.29, 0.717) is 12.5 Å². The number of carbonyl (C=O) groups is 1. The molecule has 1 aliphatic rings. The van der Waals surface area contributed by atoms with Gasteiger partial charge in [-0.1, -0.05) is 12.1 Å². The zero-order valence-electron chi connectivity index (χ0n) is 15.4. The smallest absolute Gasteiger partial charge is 0.238 e. The summed E-state index contributed by atoms with van der Waals surface area (Å²) in [5.41, 5.74) is 3.47. The number of hydrogen-bond donors (Lipinski definition) is 1. The number of rotatable bonds is 5. The lowest BCUT2D eigenvalue weighted by molar-refractivity contribution is -0.117. The second-order valence-corrected chi connectivity index (χ2v) is 7.55. The van der Waals surface area contributed by atoms with Crippen molar-refractivity contribution >= 4 is 11.6 Å². The first-order valence-corrected chi connectivity index (χ1v) is 8.47. The van der Waals surface area contributed by atoms with Gasteiger partial charge in [0.2, 0.25) is 5.91 Å². The first-order chi connectivity index (χ1) is 10.7. The van der Waals surface area contributed by atoms with Crippen molar-refractivity contribution in [3.63, 3.8) is 0 Å². The quantitative estimate of drug-likeness (QED) is 0.907. The minimum atomic E-state index is 0.0605. The molecule has 1 N–H and O–H groups in total. The summed E-state index contributed by atoms with van der Waals surface area (Å²) in [6.45, 7) is 11.2. The zero-order chi connectivity index (χ0) is 17.2. The van der Waals surface area contributed by atoms with E-state index in [-0.39, 0.29) is 11.4 Å². The van der Waals surface area contributed by atoms with Crippen LogP contribution >= 0.6 is 0 Å². The summed E-state index contributed by atoms with van der Waals surface area (Å²) in [4.78, 5) is 16.9. The summed E-state index contributed by atoms with van der Waals surface area (Å²) in [6.07, 6.45) is 1.20. The summed E-state index contributed by atoms with van der Waals surface area (Å²) >= 11 is 0. The molecule has 1 amide bonds. The SMILES string of the molecule is Cc1cccc(NC(=O)CN(C)C[C@H]2CCN(C)C2(C)C)c1C. The van der Waals surface area contributed by atoms with E-state index in [2.05, 4.69) is 49.0 Å². The Morgan fingerprint density at radius 1 is 1.39 bits per heavy atom. The molecule has 0 saturated carbocycles. The van der Waals surface area contributed by atoms with Gasteiger partial charge >= 0.3 is 0 Å². The summed E-state index contributed by atoms with van der Waals surface area (Å²) in [6, 6.07) is 6.02. The molecular weight excluding hydrogens is 286 g/mol. The molecule has 1 aromatic carbocycles. The lowest BCUT2D eigenvalue weighted by Crippen LogP contribution is -2.44. The van der Waals surface area contributed by atoms with E-state index in [1.165, 1.54) is 12.0 Å². The average molecular weight is 317 g/mol. The van der Waals surface area contributed by atoms with E-state index < -0.39 is 0 Å². The fourth-order valence-corrected chi connectivity index (χ4v) is 3.38. The standard InChI is InChI=1S/C19H31N3O/c1-14-8-7-9-17(15(14)2)20-18(23)13-21(5)12-16-10-11-22(6)19(16,3)4/h7-9,16H,10-13H2,1-6H3,(H,20,23)/t16-/m1/s1. The molecule has 0 spiro atoms. The predicted octanol–water partition coefficient (Wildman–Crippen LogP) is 2.90. The molecule has 1 fully saturated rings. The second-order valence-electron chi connectivity index (χ2n) is 7.55. The monoisotopic (exact) mass is 317 g/mol. The van der Waals surface area contributed by atoms with Crippen LogP contribution < -0.4 is 5.32 Å². The van der Waals surface area contributed by atoms with Gasteiger partial charge in [0, 0.05) is 17.8 Å². The minimum absolute atomic E-state index is 0.0605. The highest BCUT2D eigenvalue weighted by Crippen LogP contribution is 2.33. The Labute approximate surface area is 140 Å². The van der Waals surface area contributed by atoms with Crippen LogP contribution in [0.2, 0.25) is 0 Å². The van der Waals surface area contributed by atoms with Crippen molar-refractivity contribution in [1.29, 1.82) is 0 Å². The van der Waals surface area contributed by atoms with Gasteiger partial charge in [-0.05, 0) is 77.9 Å². The van der Waals surface area contributed by atoms with Crippen LogP contribution in [-0.2, 0) is 4.79 Å². The molecule has 0 bridgehead atoms. The third-order valence-electron chi connectivity index (χ3n) is 5.62. The van der Waals surface area contributed by atoms with Crippen molar-refractivity contribution in [1.82, 2.24) is 9.80 Å². The summed E-state index contributed by atoms with van der Waals surface area (Å²) in [5, 5.41) is 3.05. The van der Waals surface area contributed by atoms with Crippen molar-refractivity contribution in [3.05, 3.63) is 29.3 Å². The Bertz CT molecular complexity index is 568. The molecule has 1 aliphatic heterocycles. The summed E-state index contributed by atoms with van der Waals surface area (Å²) in [7, 11) is 4.23. The Balaban J connectivity index is 1.89. The van der Waals surface area contributed by atoms with Crippen molar-refractivity contribution < 1.29 is 4.79 Å². The molecule has 4 nitrogen and oxygen atoms in total. The molecule has 0 aliphatic carbocycles. The van der Waals surface area contributed by atoms with Gasteiger partial charge in [-0.2, -0.15) is 0 Å². The normalized spacial score (nSPS) is 20.9. The molecule has 0 aromatic heterocycles. The number of aryl methyl sites for hydroxylation is 1. The molecule has 2 rings (SSSR count). The number of hydrogen-bond acceptors (Lipinski definition) is 3. The van der Waals surface area contributed by atoms with Gasteiger partial charge in [0.25, 0.3) is 0 Å². The molecule has 4 heteroatoms. The van der Waals surface area contributed by atoms with E-state index in [4.69, 9.17) is 0 Å². The van der Waals surface area contributed by atoms with E-state index in [1.807, 2.05) is 26.1 Å². The van der Waals surface area contributed by atoms with Crippen LogP contribution in [0, 0.1) is 19.8 Å². The molecule has 0 radical (unpaired) electrons. The maximum Gasteiger partial charge on any atom is 0.238 e. The maximum atomic E-state index is 12.3. The molecule has 1 aromatic rings. The highest BCUT2D eigenvalue weighted by molar-refractivity contribution is 5.93. The minimum Gasteiger partial charge on any atom is -0.325 e. The Morgan fingerprint density at radius 2 is 2.09 bits per heavy atom. The topological polar surface area (TPSA) is 35.6 Å². The third-order valence-corrected chi connectivity index (χ3v) is 5.62. The molecule has 1 heterocycles. The van der Waals surface area contributed by atoms with E-state index in [9.17, 15) is 4.79 Å². The number of benzene rings is 1. The fraction of sp³-hybridized carbons (Fsp3) is 0.632. The molecule has 128 valence electrons. The fourth-order valence-electron chi connectivity index (χ4n) is 3.38. The van der Waals surface area contributed by atoms with Crippen LogP contribution in [0.3, 0.4) is 0 Å². The van der Waals surface area contributed by atoms with Crippen LogP contribution in [0.4, 0.5) is 5.69 Å². The van der Waals surface area contributed by atoms with Gasteiger partial charge in [-0.15, -0.1) is 0 Å². The lowest BCUT2D eigenvalue weighted by Gasteiger charge is -2.35. The largest absolute Gasteiger partial charge is 0.325 e. The molecular formula is C19H31N3O. The lowest BCUT2D eigenvalue weighted by atomic mass is 9.88. The number of anilines is 1. The average Bonchev–Trinajstić information content (AvgIpc) is 2.70. The van der Waals surface area contributed by atoms with E-state index >= 15 is 0 Å². The summed E-state index contributed by atoms with van der Waals surface area (Å²) in [5.74, 6) is 0.663. The number of likely N-dealkylation sites (N-methyl/N-ethyl adjacent to an activating group) is 1. The first-order valence-electron chi connectivity index (χ1n) is 8.47. The molecule has 23 heavy (non-hydrogen) atoms. The van der Waals surface area contributed by atoms with Crippen molar-refractivity contribution in [2.45, 2.75) is 39.7 Å². The van der Waals surface area contributed by atoms with Crippen LogP contribution in [0.1, 0.15) is 31.4 Å². The number of nitrogens with one attached hydrogen (secondary N) is 1. The predicted molar refractivity (Wildman–Crippen MR) is 96.9 cm³/mol. The Kier molecular flexibility index (Phi) is 5.48. The van der Waals surface area contributed by atoms with Gasteiger partial charge in [0.05, 0.1) is 6.54 Å². The number of likely N-dealkylation sites (tertiary alicyclic amines) is 1. The van der Waals surface area contributed by atoms with Gasteiger partial charge in [-0.25, -0.2) is 0 Å². The second kappa shape index (κ2) is 7.02. The first kappa shape index (κ1) is 18.0. The van der Waals surface area contributed by atoms with Crippen molar-refractivity contribution in [2.24, 2.45) is 5.92 Å². The Morgan fingerprint density at radius 3 is 2.70 bits per heavy atom. The van der Waals surface area contributed by atoms with Crippen molar-refractivity contribution in [2.75, 3.05) is 39.0 Å². The highest BCUT2D eigenvalue weighted by atomic mass is 16.2. The molecule has 0 unspecified atom stereocenters. The Hall–Kier alpha value is -1.39. The zero-order valence-corrected chi connectivity index (χ0v) is 15.4. The van der Waals surface area contributed by atoms with Crippen LogP contribution in [0.5, 0.6) is 0 Å². The number of amides is 1. The van der Waals surface area contributed by atoms with E-state index in [0.717, 1.165) is 24.3 Å². The van der Waals surface area contributed by atoms with E-state index in [1.54, 1.807) is 0 Å². The number of nitrogens with zero attached hydrogens (tertiary/aromatic N) is 2. The van der Waals surface area contributed by atoms with Gasteiger partial charge < -0.3 is 10.2 Å². The van der Waals surface area contributed by atoms with Crippen LogP contribution in [-0.4, -0.2) is 55.0 Å².